The molecule has 0 saturated heterocycles. The Morgan fingerprint density at radius 1 is 1.38 bits per heavy atom. The van der Waals surface area contributed by atoms with E-state index in [-0.39, 0.29) is 6.10 Å². The molecular formula is C10H21NOS. The largest absolute Gasteiger partial charge is 0.391 e. The number of likely N-dealkylation sites (N-methyl/N-ethyl adjacent to an activating group) is 1. The highest BCUT2D eigenvalue weighted by atomic mass is 32.2. The first-order chi connectivity index (χ1) is 6.33. The Morgan fingerprint density at radius 3 is 2.69 bits per heavy atom. The fourth-order valence-electron chi connectivity index (χ4n) is 1.77. The Morgan fingerprint density at radius 2 is 2.08 bits per heavy atom. The van der Waals surface area contributed by atoms with Gasteiger partial charge in [-0.25, -0.2) is 0 Å². The molecule has 0 spiro atoms. The lowest BCUT2D eigenvalue weighted by molar-refractivity contribution is 0.199. The fourth-order valence-corrected chi connectivity index (χ4v) is 3.05. The van der Waals surface area contributed by atoms with Crippen molar-refractivity contribution < 1.29 is 5.11 Å². The first-order valence-corrected chi connectivity index (χ1v) is 6.32. The topological polar surface area (TPSA) is 32.3 Å². The van der Waals surface area contributed by atoms with Gasteiger partial charge in [-0.15, -0.1) is 0 Å². The quantitative estimate of drug-likeness (QED) is 0.712. The van der Waals surface area contributed by atoms with Gasteiger partial charge < -0.3 is 10.4 Å². The molecule has 0 aromatic heterocycles. The van der Waals surface area contributed by atoms with Crippen LogP contribution in [0.1, 0.15) is 32.1 Å². The van der Waals surface area contributed by atoms with Crippen LogP contribution in [0, 0.1) is 0 Å². The number of aliphatic hydroxyl groups excluding tert-OH is 1. The van der Waals surface area contributed by atoms with Gasteiger partial charge in [0.25, 0.3) is 0 Å². The van der Waals surface area contributed by atoms with Crippen LogP contribution in [0.4, 0.5) is 0 Å². The molecule has 0 radical (unpaired) electrons. The molecule has 0 aromatic carbocycles. The first-order valence-electron chi connectivity index (χ1n) is 5.27. The Hall–Kier alpha value is 0.270. The molecule has 1 saturated carbocycles. The van der Waals surface area contributed by atoms with Crippen LogP contribution in [0.2, 0.25) is 0 Å². The van der Waals surface area contributed by atoms with Crippen molar-refractivity contribution in [1.82, 2.24) is 5.32 Å². The second-order valence-corrected chi connectivity index (χ2v) is 5.14. The molecule has 3 heteroatoms. The molecule has 0 aromatic rings. The highest BCUT2D eigenvalue weighted by molar-refractivity contribution is 7.99. The van der Waals surface area contributed by atoms with Gasteiger partial charge in [-0.1, -0.05) is 19.3 Å². The van der Waals surface area contributed by atoms with E-state index >= 15 is 0 Å². The van der Waals surface area contributed by atoms with Gasteiger partial charge in [0, 0.05) is 17.5 Å². The molecule has 0 bridgehead atoms. The highest BCUT2D eigenvalue weighted by Gasteiger charge is 2.14. The lowest BCUT2D eigenvalue weighted by Gasteiger charge is -2.22. The molecule has 0 amide bonds. The molecule has 1 atom stereocenters. The van der Waals surface area contributed by atoms with Gasteiger partial charge in [0.2, 0.25) is 0 Å². The van der Waals surface area contributed by atoms with Crippen LogP contribution in [0.5, 0.6) is 0 Å². The van der Waals surface area contributed by atoms with Gasteiger partial charge in [0.15, 0.2) is 0 Å². The number of rotatable bonds is 5. The molecule has 1 rings (SSSR count). The van der Waals surface area contributed by atoms with Crippen molar-refractivity contribution in [3.63, 3.8) is 0 Å². The van der Waals surface area contributed by atoms with Crippen LogP contribution < -0.4 is 5.32 Å². The third-order valence-electron chi connectivity index (χ3n) is 2.52. The second kappa shape index (κ2) is 6.68. The van der Waals surface area contributed by atoms with E-state index < -0.39 is 0 Å². The molecule has 2 nitrogen and oxygen atoms in total. The highest BCUT2D eigenvalue weighted by Crippen LogP contribution is 2.28. The monoisotopic (exact) mass is 203 g/mol. The lowest BCUT2D eigenvalue weighted by Crippen LogP contribution is -2.26. The van der Waals surface area contributed by atoms with E-state index in [1.54, 1.807) is 0 Å². The molecule has 13 heavy (non-hydrogen) atoms. The zero-order valence-corrected chi connectivity index (χ0v) is 9.28. The standard InChI is InChI=1S/C10H21NOS/c1-11-7-9(12)8-13-10-5-3-2-4-6-10/h9-12H,2-8H2,1H3. The third kappa shape index (κ3) is 4.89. The molecule has 0 aliphatic heterocycles. The normalized spacial score (nSPS) is 21.7. The summed E-state index contributed by atoms with van der Waals surface area (Å²) in [4.78, 5) is 0. The fraction of sp³-hybridized carbons (Fsp3) is 1.00. The van der Waals surface area contributed by atoms with Gasteiger partial charge >= 0.3 is 0 Å². The predicted molar refractivity (Wildman–Crippen MR) is 59.3 cm³/mol. The van der Waals surface area contributed by atoms with Gasteiger partial charge in [0.1, 0.15) is 0 Å². The zero-order chi connectivity index (χ0) is 9.52. The summed E-state index contributed by atoms with van der Waals surface area (Å²) in [5, 5.41) is 13.3. The van der Waals surface area contributed by atoms with Crippen molar-refractivity contribution in [2.24, 2.45) is 0 Å². The molecule has 1 aliphatic carbocycles. The Balaban J connectivity index is 2.03. The number of nitrogens with one attached hydrogen (secondary N) is 1. The minimum Gasteiger partial charge on any atom is -0.391 e. The molecule has 78 valence electrons. The van der Waals surface area contributed by atoms with Gasteiger partial charge in [0.05, 0.1) is 6.10 Å². The van der Waals surface area contributed by atoms with E-state index in [1.807, 2.05) is 18.8 Å². The molecule has 2 N–H and O–H groups in total. The molecule has 1 aliphatic rings. The van der Waals surface area contributed by atoms with Crippen LogP contribution in [-0.2, 0) is 0 Å². The Kier molecular flexibility index (Phi) is 5.83. The summed E-state index contributed by atoms with van der Waals surface area (Å²) in [5.74, 6) is 0.894. The SMILES string of the molecule is CNCC(O)CSC1CCCCC1. The van der Waals surface area contributed by atoms with Crippen molar-refractivity contribution in [2.45, 2.75) is 43.5 Å². The van der Waals surface area contributed by atoms with Crippen LogP contribution in [0.25, 0.3) is 0 Å². The number of hydrogen-bond donors (Lipinski definition) is 2. The average molecular weight is 203 g/mol. The van der Waals surface area contributed by atoms with Crippen LogP contribution in [-0.4, -0.2) is 35.8 Å². The van der Waals surface area contributed by atoms with E-state index in [9.17, 15) is 5.11 Å². The van der Waals surface area contributed by atoms with Gasteiger partial charge in [-0.2, -0.15) is 11.8 Å². The number of aliphatic hydroxyl groups is 1. The predicted octanol–water partition coefficient (Wildman–Crippen LogP) is 1.63. The summed E-state index contributed by atoms with van der Waals surface area (Å²) < 4.78 is 0. The van der Waals surface area contributed by atoms with Crippen LogP contribution in [0.15, 0.2) is 0 Å². The summed E-state index contributed by atoms with van der Waals surface area (Å²) in [6, 6.07) is 0. The van der Waals surface area contributed by atoms with Crippen molar-refractivity contribution in [1.29, 1.82) is 0 Å². The zero-order valence-electron chi connectivity index (χ0n) is 8.46. The molecular weight excluding hydrogens is 182 g/mol. The number of thioether (sulfide) groups is 1. The average Bonchev–Trinajstić information content (AvgIpc) is 2.17. The number of hydrogen-bond acceptors (Lipinski definition) is 3. The Labute approximate surface area is 85.5 Å². The van der Waals surface area contributed by atoms with Crippen molar-refractivity contribution >= 4 is 11.8 Å². The Bertz CT molecular complexity index is 126. The van der Waals surface area contributed by atoms with E-state index in [0.29, 0.717) is 0 Å². The van der Waals surface area contributed by atoms with Gasteiger partial charge in [-0.05, 0) is 19.9 Å². The third-order valence-corrected chi connectivity index (χ3v) is 4.04. The van der Waals surface area contributed by atoms with E-state index in [1.165, 1.54) is 32.1 Å². The molecule has 1 fully saturated rings. The maximum Gasteiger partial charge on any atom is 0.0754 e. The first kappa shape index (κ1) is 11.3. The van der Waals surface area contributed by atoms with Crippen LogP contribution >= 0.6 is 11.8 Å². The summed E-state index contributed by atoms with van der Waals surface area (Å²) >= 11 is 1.96. The molecule has 0 heterocycles. The van der Waals surface area contributed by atoms with Gasteiger partial charge in [-0.3, -0.25) is 0 Å². The summed E-state index contributed by atoms with van der Waals surface area (Å²) in [6.45, 7) is 0.722. The maximum atomic E-state index is 9.50. The smallest absolute Gasteiger partial charge is 0.0754 e. The molecule has 1 unspecified atom stereocenters. The van der Waals surface area contributed by atoms with Crippen LogP contribution in [0.3, 0.4) is 0 Å². The summed E-state index contributed by atoms with van der Waals surface area (Å²) in [5.41, 5.74) is 0. The minimum absolute atomic E-state index is 0.170. The maximum absolute atomic E-state index is 9.50. The van der Waals surface area contributed by atoms with E-state index in [2.05, 4.69) is 5.32 Å². The van der Waals surface area contributed by atoms with E-state index in [4.69, 9.17) is 0 Å². The van der Waals surface area contributed by atoms with Crippen molar-refractivity contribution in [3.05, 3.63) is 0 Å². The second-order valence-electron chi connectivity index (χ2n) is 3.80. The van der Waals surface area contributed by atoms with E-state index in [0.717, 1.165) is 17.5 Å². The van der Waals surface area contributed by atoms with Crippen molar-refractivity contribution in [2.75, 3.05) is 19.3 Å². The minimum atomic E-state index is -0.170. The van der Waals surface area contributed by atoms with Crippen molar-refractivity contribution in [3.8, 4) is 0 Å². The lowest BCUT2D eigenvalue weighted by atomic mass is 10.0. The summed E-state index contributed by atoms with van der Waals surface area (Å²) in [7, 11) is 1.88. The summed E-state index contributed by atoms with van der Waals surface area (Å²) in [6.07, 6.45) is 6.74.